The third-order valence-electron chi connectivity index (χ3n) is 6.05. The maximum Gasteiger partial charge on any atom is 0.253 e. The summed E-state index contributed by atoms with van der Waals surface area (Å²) >= 11 is 0. The van der Waals surface area contributed by atoms with Crippen LogP contribution < -0.4 is 5.73 Å². The average Bonchev–Trinajstić information content (AvgIpc) is 3.24. The molecule has 2 N–H and O–H groups in total. The number of hydrogen-bond donors (Lipinski definition) is 1. The molecule has 0 unspecified atom stereocenters. The number of imidazole rings is 1. The van der Waals surface area contributed by atoms with Crippen molar-refractivity contribution in [2.24, 2.45) is 19.8 Å². The first kappa shape index (κ1) is 17.9. The molecule has 0 spiro atoms. The number of fused-ring (bicyclic) bond motifs is 2. The quantitative estimate of drug-likeness (QED) is 0.574. The number of hydrogen-bond acceptors (Lipinski definition) is 3. The summed E-state index contributed by atoms with van der Waals surface area (Å²) in [6.45, 7) is 1.40. The van der Waals surface area contributed by atoms with Gasteiger partial charge in [0.25, 0.3) is 5.91 Å². The number of aromatic nitrogens is 3. The van der Waals surface area contributed by atoms with Gasteiger partial charge in [-0.3, -0.25) is 4.79 Å². The van der Waals surface area contributed by atoms with E-state index in [1.165, 1.54) is 10.9 Å². The number of aryl methyl sites for hydroxylation is 2. The monoisotopic (exact) mass is 387 g/mol. The van der Waals surface area contributed by atoms with Crippen LogP contribution in [0.3, 0.4) is 0 Å². The topological polar surface area (TPSA) is 69.1 Å². The lowest BCUT2D eigenvalue weighted by atomic mass is 10.1. The third-order valence-corrected chi connectivity index (χ3v) is 6.05. The van der Waals surface area contributed by atoms with Crippen LogP contribution in [0.1, 0.15) is 23.2 Å². The zero-order chi connectivity index (χ0) is 20.1. The molecule has 0 aliphatic carbocycles. The first-order chi connectivity index (χ1) is 14.0. The molecule has 148 valence electrons. The molecular weight excluding hydrogens is 362 g/mol. The molecule has 0 radical (unpaired) electrons. The van der Waals surface area contributed by atoms with Gasteiger partial charge in [0.05, 0.1) is 16.7 Å². The normalized spacial score (nSPS) is 17.3. The van der Waals surface area contributed by atoms with Gasteiger partial charge in [0.1, 0.15) is 0 Å². The lowest BCUT2D eigenvalue weighted by Crippen LogP contribution is -2.45. The van der Waals surface area contributed by atoms with Crippen molar-refractivity contribution >= 4 is 27.8 Å². The van der Waals surface area contributed by atoms with Gasteiger partial charge in [-0.05, 0) is 43.2 Å². The maximum atomic E-state index is 13.0. The Balaban J connectivity index is 1.56. The molecule has 5 rings (SSSR count). The number of carbonyl (C=O) groups excluding carboxylic acids is 1. The van der Waals surface area contributed by atoms with E-state index in [-0.39, 0.29) is 11.9 Å². The Hall–Kier alpha value is -3.12. The van der Waals surface area contributed by atoms with Gasteiger partial charge in [0.15, 0.2) is 5.82 Å². The van der Waals surface area contributed by atoms with Gasteiger partial charge in [-0.2, -0.15) is 0 Å². The van der Waals surface area contributed by atoms with E-state index < -0.39 is 0 Å². The van der Waals surface area contributed by atoms with Crippen LogP contribution in [0.2, 0.25) is 0 Å². The number of likely N-dealkylation sites (tertiary alicyclic amines) is 1. The summed E-state index contributed by atoms with van der Waals surface area (Å²) in [6.07, 6.45) is 1.95. The maximum absolute atomic E-state index is 13.0. The lowest BCUT2D eigenvalue weighted by Gasteiger charge is -2.30. The molecule has 3 heterocycles. The molecule has 0 bridgehead atoms. The predicted molar refractivity (Wildman–Crippen MR) is 116 cm³/mol. The Morgan fingerprint density at radius 2 is 1.90 bits per heavy atom. The van der Waals surface area contributed by atoms with E-state index in [1.807, 2.05) is 42.3 Å². The number of rotatable bonds is 2. The SMILES string of the molecule is Cn1c(-c2nc3cc(C(=O)N4CCC[C@@H](N)C4)ccc3n2C)cc2ccccc21. The highest BCUT2D eigenvalue weighted by Crippen LogP contribution is 2.29. The molecule has 0 saturated carbocycles. The van der Waals surface area contributed by atoms with Gasteiger partial charge < -0.3 is 19.8 Å². The zero-order valence-electron chi connectivity index (χ0n) is 16.8. The highest BCUT2D eigenvalue weighted by Gasteiger charge is 2.23. The smallest absolute Gasteiger partial charge is 0.253 e. The van der Waals surface area contributed by atoms with Gasteiger partial charge in [-0.25, -0.2) is 4.98 Å². The number of nitrogens with two attached hydrogens (primary N) is 1. The largest absolute Gasteiger partial charge is 0.341 e. The number of carbonyl (C=O) groups is 1. The molecular formula is C23H25N5O. The zero-order valence-corrected chi connectivity index (χ0v) is 16.8. The van der Waals surface area contributed by atoms with Gasteiger partial charge in [0.2, 0.25) is 0 Å². The van der Waals surface area contributed by atoms with Crippen molar-refractivity contribution in [2.75, 3.05) is 13.1 Å². The summed E-state index contributed by atoms with van der Waals surface area (Å²) in [6, 6.07) is 16.4. The summed E-state index contributed by atoms with van der Waals surface area (Å²) < 4.78 is 4.26. The van der Waals surface area contributed by atoms with Crippen LogP contribution in [0, 0.1) is 0 Å². The molecule has 1 fully saturated rings. The number of para-hydroxylation sites is 1. The van der Waals surface area contributed by atoms with E-state index >= 15 is 0 Å². The highest BCUT2D eigenvalue weighted by molar-refractivity contribution is 5.98. The summed E-state index contributed by atoms with van der Waals surface area (Å²) in [7, 11) is 4.08. The van der Waals surface area contributed by atoms with Gasteiger partial charge in [-0.15, -0.1) is 0 Å². The minimum absolute atomic E-state index is 0.0406. The first-order valence-electron chi connectivity index (χ1n) is 10.1. The van der Waals surface area contributed by atoms with E-state index in [4.69, 9.17) is 10.7 Å². The van der Waals surface area contributed by atoms with Crippen molar-refractivity contribution in [1.29, 1.82) is 0 Å². The van der Waals surface area contributed by atoms with E-state index in [2.05, 4.69) is 34.4 Å². The van der Waals surface area contributed by atoms with E-state index in [9.17, 15) is 4.79 Å². The fourth-order valence-electron chi connectivity index (χ4n) is 4.44. The molecule has 6 nitrogen and oxygen atoms in total. The van der Waals surface area contributed by atoms with Gasteiger partial charge in [0, 0.05) is 49.7 Å². The highest BCUT2D eigenvalue weighted by atomic mass is 16.2. The summed E-state index contributed by atoms with van der Waals surface area (Å²) in [5.41, 5.74) is 10.8. The molecule has 1 aliphatic rings. The molecule has 1 saturated heterocycles. The summed E-state index contributed by atoms with van der Waals surface area (Å²) in [5, 5.41) is 1.19. The predicted octanol–water partition coefficient (Wildman–Crippen LogP) is 3.30. The Morgan fingerprint density at radius 3 is 2.69 bits per heavy atom. The van der Waals surface area contributed by atoms with Crippen LogP contribution in [0.4, 0.5) is 0 Å². The second kappa shape index (κ2) is 6.74. The summed E-state index contributed by atoms with van der Waals surface area (Å²) in [5.74, 6) is 0.933. The average molecular weight is 387 g/mol. The molecule has 1 atom stereocenters. The number of piperidine rings is 1. The van der Waals surface area contributed by atoms with E-state index in [1.54, 1.807) is 0 Å². The second-order valence-electron chi connectivity index (χ2n) is 8.00. The molecule has 2 aromatic carbocycles. The van der Waals surface area contributed by atoms with Crippen molar-refractivity contribution in [3.05, 3.63) is 54.1 Å². The molecule has 4 aromatic rings. The summed E-state index contributed by atoms with van der Waals surface area (Å²) in [4.78, 5) is 19.7. The number of amides is 1. The Bertz CT molecular complexity index is 1240. The van der Waals surface area contributed by atoms with Crippen molar-refractivity contribution in [3.63, 3.8) is 0 Å². The van der Waals surface area contributed by atoms with Crippen LogP contribution in [-0.4, -0.2) is 44.1 Å². The van der Waals surface area contributed by atoms with Crippen molar-refractivity contribution in [3.8, 4) is 11.5 Å². The number of benzene rings is 2. The first-order valence-corrected chi connectivity index (χ1v) is 10.1. The Kier molecular flexibility index (Phi) is 4.17. The molecule has 6 heteroatoms. The fraction of sp³-hybridized carbons (Fsp3) is 0.304. The second-order valence-corrected chi connectivity index (χ2v) is 8.00. The minimum Gasteiger partial charge on any atom is -0.341 e. The molecule has 1 aliphatic heterocycles. The minimum atomic E-state index is 0.0406. The van der Waals surface area contributed by atoms with E-state index in [0.29, 0.717) is 12.1 Å². The van der Waals surface area contributed by atoms with Crippen LogP contribution in [0.5, 0.6) is 0 Å². The van der Waals surface area contributed by atoms with Crippen LogP contribution >= 0.6 is 0 Å². The van der Waals surface area contributed by atoms with Crippen molar-refractivity contribution in [2.45, 2.75) is 18.9 Å². The van der Waals surface area contributed by atoms with Crippen molar-refractivity contribution in [1.82, 2.24) is 19.0 Å². The lowest BCUT2D eigenvalue weighted by molar-refractivity contribution is 0.0709. The fourth-order valence-corrected chi connectivity index (χ4v) is 4.44. The molecule has 1 amide bonds. The Morgan fingerprint density at radius 1 is 1.07 bits per heavy atom. The van der Waals surface area contributed by atoms with Crippen LogP contribution in [-0.2, 0) is 14.1 Å². The van der Waals surface area contributed by atoms with Crippen LogP contribution in [0.15, 0.2) is 48.5 Å². The molecule has 2 aromatic heterocycles. The standard InChI is InChI=1S/C23H25N5O/c1-26-19-8-4-3-6-15(19)13-21(26)22-25-18-12-16(9-10-20(18)27(22)2)23(29)28-11-5-7-17(24)14-28/h3-4,6,8-10,12-13,17H,5,7,11,14,24H2,1-2H3/t17-/m1/s1. The van der Waals surface area contributed by atoms with Crippen LogP contribution in [0.25, 0.3) is 33.5 Å². The third kappa shape index (κ3) is 2.91. The van der Waals surface area contributed by atoms with E-state index in [0.717, 1.165) is 41.9 Å². The molecule has 29 heavy (non-hydrogen) atoms. The van der Waals surface area contributed by atoms with Crippen molar-refractivity contribution < 1.29 is 4.79 Å². The van der Waals surface area contributed by atoms with Gasteiger partial charge >= 0.3 is 0 Å². The Labute approximate surface area is 169 Å². The van der Waals surface area contributed by atoms with Gasteiger partial charge in [-0.1, -0.05) is 18.2 Å². The number of nitrogens with zero attached hydrogens (tertiary/aromatic N) is 4.